The second kappa shape index (κ2) is 2.61. The first kappa shape index (κ1) is 5.50. The molecule has 1 saturated heterocycles. The molecular formula is C4H7INO-. The number of hydrogen-bond acceptors (Lipinski definition) is 2. The average Bonchev–Trinajstić information content (AvgIpc) is 1.69. The summed E-state index contributed by atoms with van der Waals surface area (Å²) in [5.41, 5.74) is 0.769. The molecule has 7 heavy (non-hydrogen) atoms. The fourth-order valence-electron chi connectivity index (χ4n) is 0.384. The Bertz CT molecular complexity index is 75.8. The van der Waals surface area contributed by atoms with Crippen LogP contribution >= 0.6 is 0 Å². The molecule has 1 aliphatic heterocycles. The van der Waals surface area contributed by atoms with Gasteiger partial charge in [-0.05, 0) is 0 Å². The van der Waals surface area contributed by atoms with E-state index in [9.17, 15) is 0 Å². The predicted octanol–water partition coefficient (Wildman–Crippen LogP) is -2.57. The molecule has 42 valence electrons. The molecule has 0 spiro atoms. The molecule has 1 N–H and O–H groups in total. The summed E-state index contributed by atoms with van der Waals surface area (Å²) < 4.78 is 6.22. The molecular weight excluding hydrogens is 205 g/mol. The molecule has 2 nitrogen and oxygen atoms in total. The van der Waals surface area contributed by atoms with Crippen molar-refractivity contribution in [3.63, 3.8) is 0 Å². The third-order valence-corrected chi connectivity index (χ3v) is 2.51. The zero-order valence-electron chi connectivity index (χ0n) is 3.91. The topological polar surface area (TPSA) is 33.1 Å². The Morgan fingerprint density at radius 1 is 1.71 bits per heavy atom. The van der Waals surface area contributed by atoms with Gasteiger partial charge in [0.25, 0.3) is 0 Å². The molecule has 0 unspecified atom stereocenters. The van der Waals surface area contributed by atoms with E-state index < -0.39 is 0 Å². The zero-order chi connectivity index (χ0) is 5.11. The van der Waals surface area contributed by atoms with Gasteiger partial charge in [-0.1, -0.05) is 0 Å². The van der Waals surface area contributed by atoms with Gasteiger partial charge in [0.05, 0.1) is 0 Å². The van der Waals surface area contributed by atoms with E-state index in [4.69, 9.17) is 8.48 Å². The van der Waals surface area contributed by atoms with Crippen LogP contribution in [0.4, 0.5) is 0 Å². The summed E-state index contributed by atoms with van der Waals surface area (Å²) in [6.45, 7) is 0.618. The van der Waals surface area contributed by atoms with E-state index in [2.05, 4.69) is 0 Å². The molecule has 0 amide bonds. The Morgan fingerprint density at radius 3 is 2.86 bits per heavy atom. The van der Waals surface area contributed by atoms with Gasteiger partial charge in [0.15, 0.2) is 0 Å². The van der Waals surface area contributed by atoms with Crippen molar-refractivity contribution in [2.75, 3.05) is 11.0 Å². The number of rotatable bonds is 0. The molecule has 3 heteroatoms. The maximum absolute atomic E-state index is 7.08. The number of alkyl halides is 1. The van der Waals surface area contributed by atoms with Crippen molar-refractivity contribution in [1.29, 1.82) is 5.41 Å². The van der Waals surface area contributed by atoms with Crippen molar-refractivity contribution in [1.82, 2.24) is 0 Å². The molecule has 0 aromatic heterocycles. The minimum atomic E-state index is 0.0467. The fourth-order valence-corrected chi connectivity index (χ4v) is 2.16. The van der Waals surface area contributed by atoms with Gasteiger partial charge < -0.3 is 0 Å². The Kier molecular flexibility index (Phi) is 2.05. The van der Waals surface area contributed by atoms with Gasteiger partial charge in [-0.25, -0.2) is 0 Å². The van der Waals surface area contributed by atoms with Gasteiger partial charge in [-0.3, -0.25) is 0 Å². The molecule has 1 heterocycles. The van der Waals surface area contributed by atoms with E-state index in [-0.39, 0.29) is 21.6 Å². The van der Waals surface area contributed by atoms with Crippen molar-refractivity contribution in [3.05, 3.63) is 0 Å². The molecule has 1 fully saturated rings. The van der Waals surface area contributed by atoms with Crippen molar-refractivity contribution < 1.29 is 24.7 Å². The van der Waals surface area contributed by atoms with Gasteiger partial charge in [0.2, 0.25) is 0 Å². The Morgan fingerprint density at radius 2 is 2.57 bits per heavy atom. The first-order valence-electron chi connectivity index (χ1n) is 2.17. The van der Waals surface area contributed by atoms with E-state index in [0.717, 1.165) is 16.6 Å². The zero-order valence-corrected chi connectivity index (χ0v) is 6.07. The van der Waals surface area contributed by atoms with Gasteiger partial charge >= 0.3 is 53.3 Å². The normalized spacial score (nSPS) is 23.7. The summed E-state index contributed by atoms with van der Waals surface area (Å²) in [4.78, 5) is 0. The van der Waals surface area contributed by atoms with Gasteiger partial charge in [-0.2, -0.15) is 0 Å². The van der Waals surface area contributed by atoms with Crippen LogP contribution in [0.1, 0.15) is 6.42 Å². The fraction of sp³-hybridized carbons (Fsp3) is 0.750. The van der Waals surface area contributed by atoms with E-state index in [1.807, 2.05) is 0 Å². The van der Waals surface area contributed by atoms with Crippen LogP contribution in [0, 0.1) is 5.41 Å². The third kappa shape index (κ3) is 1.73. The Labute approximate surface area is 53.6 Å². The Balaban J connectivity index is 2.25. The molecule has 0 aliphatic carbocycles. The number of hydrogen-bond donors (Lipinski definition) is 1. The van der Waals surface area contributed by atoms with Crippen molar-refractivity contribution >= 4 is 5.71 Å². The molecule has 0 radical (unpaired) electrons. The van der Waals surface area contributed by atoms with Crippen molar-refractivity contribution in [3.8, 4) is 0 Å². The molecule has 0 aromatic rings. The summed E-state index contributed by atoms with van der Waals surface area (Å²) in [6, 6.07) is 0. The first-order chi connectivity index (χ1) is 3.39. The third-order valence-electron chi connectivity index (χ3n) is 0.779. The first-order valence-corrected chi connectivity index (χ1v) is 4.57. The van der Waals surface area contributed by atoms with Crippen LogP contribution in [-0.4, -0.2) is 16.7 Å². The van der Waals surface area contributed by atoms with Crippen LogP contribution in [0.2, 0.25) is 0 Å². The quantitative estimate of drug-likeness (QED) is 0.347. The summed E-state index contributed by atoms with van der Waals surface area (Å²) in [5, 5.41) is 7.08. The molecule has 0 atom stereocenters. The predicted molar refractivity (Wildman–Crippen MR) is 23.2 cm³/mol. The van der Waals surface area contributed by atoms with Crippen LogP contribution in [0.5, 0.6) is 0 Å². The molecule has 1 rings (SSSR count). The van der Waals surface area contributed by atoms with Gasteiger partial charge in [0.1, 0.15) is 0 Å². The average molecular weight is 212 g/mol. The van der Waals surface area contributed by atoms with Crippen LogP contribution in [0.15, 0.2) is 0 Å². The molecule has 1 aliphatic rings. The summed E-state index contributed by atoms with van der Waals surface area (Å²) in [7, 11) is 0. The standard InChI is InChI=1S/C4H7INO/c6-4-1-2-5-7-3-4/h6H,1-3H2/q-1. The molecule has 0 bridgehead atoms. The Hall–Kier alpha value is 0.360. The summed E-state index contributed by atoms with van der Waals surface area (Å²) in [5.74, 6) is 0. The SMILES string of the molecule is N=C1CC[I-]OC1. The van der Waals surface area contributed by atoms with E-state index >= 15 is 0 Å². The number of nitrogens with one attached hydrogen (secondary N) is 1. The van der Waals surface area contributed by atoms with E-state index in [0.29, 0.717) is 6.61 Å². The second-order valence-corrected chi connectivity index (χ2v) is 3.73. The van der Waals surface area contributed by atoms with Crippen LogP contribution < -0.4 is 21.6 Å². The van der Waals surface area contributed by atoms with Crippen LogP contribution in [0.25, 0.3) is 0 Å². The monoisotopic (exact) mass is 212 g/mol. The molecule has 0 aromatic carbocycles. The van der Waals surface area contributed by atoms with Crippen LogP contribution in [0.3, 0.4) is 0 Å². The number of halogens is 1. The second-order valence-electron chi connectivity index (χ2n) is 1.41. The minimum absolute atomic E-state index is 0.0467. The summed E-state index contributed by atoms with van der Waals surface area (Å²) >= 11 is 0.0467. The van der Waals surface area contributed by atoms with Gasteiger partial charge in [-0.15, -0.1) is 0 Å². The van der Waals surface area contributed by atoms with Crippen molar-refractivity contribution in [2.45, 2.75) is 6.42 Å². The van der Waals surface area contributed by atoms with E-state index in [1.165, 1.54) is 0 Å². The van der Waals surface area contributed by atoms with Crippen molar-refractivity contribution in [2.24, 2.45) is 0 Å². The van der Waals surface area contributed by atoms with E-state index in [1.54, 1.807) is 0 Å². The van der Waals surface area contributed by atoms with Crippen LogP contribution in [-0.2, 0) is 3.07 Å². The van der Waals surface area contributed by atoms with Gasteiger partial charge in [0, 0.05) is 0 Å². The summed E-state index contributed by atoms with van der Waals surface area (Å²) in [6.07, 6.45) is 0.993. The maximum atomic E-state index is 7.08. The molecule has 0 saturated carbocycles.